The Morgan fingerprint density at radius 3 is 0.672 bits per heavy atom. The molecule has 2 atom stereocenters. The van der Waals surface area contributed by atoms with Crippen molar-refractivity contribution in [1.29, 1.82) is 0 Å². The number of hydrogen-bond donors (Lipinski definition) is 2. The molecule has 2 heteroatoms. The molecule has 2 nitrogen and oxygen atoms in total. The predicted molar refractivity (Wildman–Crippen MR) is 257 cm³/mol. The molecule has 58 heavy (non-hydrogen) atoms. The van der Waals surface area contributed by atoms with E-state index in [-0.39, 0.29) is 0 Å². The lowest BCUT2D eigenvalue weighted by molar-refractivity contribution is 0.540. The van der Waals surface area contributed by atoms with Crippen molar-refractivity contribution in [1.82, 2.24) is 0 Å². The molecule has 4 rings (SSSR count). The van der Waals surface area contributed by atoms with E-state index in [0.29, 0.717) is 17.8 Å². The molecule has 4 aromatic carbocycles. The van der Waals surface area contributed by atoms with Crippen LogP contribution in [0.15, 0.2) is 97.1 Å². The lowest BCUT2D eigenvalue weighted by atomic mass is 9.82. The third-order valence-electron chi connectivity index (χ3n) is 12.9. The number of anilines is 2. The molecular weight excluding hydrogens is 701 g/mol. The summed E-state index contributed by atoms with van der Waals surface area (Å²) in [5.41, 5.74) is 22.5. The fraction of sp³-hybridized carbons (Fsp3) is 0.571. The van der Waals surface area contributed by atoms with Crippen molar-refractivity contribution in [3.05, 3.63) is 130 Å². The molecule has 0 spiro atoms. The zero-order valence-electron chi connectivity index (χ0n) is 37.5. The van der Waals surface area contributed by atoms with Gasteiger partial charge in [0.05, 0.1) is 0 Å². The highest BCUT2D eigenvalue weighted by molar-refractivity contribution is 5.45. The van der Waals surface area contributed by atoms with Crippen LogP contribution < -0.4 is 11.5 Å². The summed E-state index contributed by atoms with van der Waals surface area (Å²) >= 11 is 0. The summed E-state index contributed by atoms with van der Waals surface area (Å²) in [7, 11) is 0. The third-order valence-corrected chi connectivity index (χ3v) is 12.9. The fourth-order valence-corrected chi connectivity index (χ4v) is 9.23. The monoisotopic (exact) mass is 785 g/mol. The smallest absolute Gasteiger partial charge is 0.0314 e. The Balaban J connectivity index is 1.43. The van der Waals surface area contributed by atoms with Crippen LogP contribution in [0.4, 0.5) is 11.4 Å². The topological polar surface area (TPSA) is 52.0 Å². The number of hydrogen-bond acceptors (Lipinski definition) is 2. The van der Waals surface area contributed by atoms with Crippen molar-refractivity contribution >= 4 is 11.4 Å². The SMILES string of the molecule is CCCCCCCCCCCCC(c1ccc(N)cc1)c1ccc(C(CCCCC)c2ccc(C(CCCCCCCCCCCC)c3ccc(N)cc3)cc2)cc1. The first-order chi connectivity index (χ1) is 28.5. The van der Waals surface area contributed by atoms with Crippen molar-refractivity contribution in [2.24, 2.45) is 0 Å². The summed E-state index contributed by atoms with van der Waals surface area (Å²) in [6, 6.07) is 36.9. The van der Waals surface area contributed by atoms with E-state index in [1.807, 2.05) is 0 Å². The summed E-state index contributed by atoms with van der Waals surface area (Å²) in [4.78, 5) is 0. The molecule has 4 aromatic rings. The van der Waals surface area contributed by atoms with E-state index in [0.717, 1.165) is 11.4 Å². The molecule has 2 unspecified atom stereocenters. The van der Waals surface area contributed by atoms with E-state index in [4.69, 9.17) is 11.5 Å². The average molecular weight is 785 g/mol. The van der Waals surface area contributed by atoms with Gasteiger partial charge in [0.15, 0.2) is 0 Å². The van der Waals surface area contributed by atoms with Crippen LogP contribution in [0, 0.1) is 0 Å². The van der Waals surface area contributed by atoms with Gasteiger partial charge in [-0.2, -0.15) is 0 Å². The van der Waals surface area contributed by atoms with E-state index in [1.165, 1.54) is 200 Å². The van der Waals surface area contributed by atoms with E-state index in [9.17, 15) is 0 Å². The average Bonchev–Trinajstić information content (AvgIpc) is 3.25. The van der Waals surface area contributed by atoms with Crippen molar-refractivity contribution in [3.63, 3.8) is 0 Å². The quantitative estimate of drug-likeness (QED) is 0.0383. The number of nitrogens with two attached hydrogens (primary N) is 2. The van der Waals surface area contributed by atoms with Gasteiger partial charge in [0.2, 0.25) is 0 Å². The molecule has 0 saturated heterocycles. The zero-order valence-corrected chi connectivity index (χ0v) is 37.5. The van der Waals surface area contributed by atoms with Gasteiger partial charge < -0.3 is 11.5 Å². The minimum atomic E-state index is 0.405. The van der Waals surface area contributed by atoms with Gasteiger partial charge >= 0.3 is 0 Å². The summed E-state index contributed by atoms with van der Waals surface area (Å²) < 4.78 is 0. The van der Waals surface area contributed by atoms with Gasteiger partial charge in [-0.3, -0.25) is 0 Å². The van der Waals surface area contributed by atoms with Crippen LogP contribution in [0.25, 0.3) is 0 Å². The normalized spacial score (nSPS) is 13.1. The Kier molecular flexibility index (Phi) is 23.4. The van der Waals surface area contributed by atoms with Gasteiger partial charge in [-0.1, -0.05) is 241 Å². The van der Waals surface area contributed by atoms with Gasteiger partial charge in [-0.05, 0) is 76.9 Å². The Morgan fingerprint density at radius 2 is 0.431 bits per heavy atom. The molecule has 0 saturated carbocycles. The van der Waals surface area contributed by atoms with E-state index >= 15 is 0 Å². The van der Waals surface area contributed by atoms with Gasteiger partial charge in [0, 0.05) is 29.1 Å². The molecule has 0 bridgehead atoms. The number of unbranched alkanes of at least 4 members (excludes halogenated alkanes) is 20. The summed E-state index contributed by atoms with van der Waals surface area (Å²) in [6.45, 7) is 6.92. The highest BCUT2D eigenvalue weighted by atomic mass is 14.5. The van der Waals surface area contributed by atoms with Crippen molar-refractivity contribution in [2.45, 2.75) is 205 Å². The Bertz CT molecular complexity index is 1450. The fourth-order valence-electron chi connectivity index (χ4n) is 9.23. The first kappa shape index (κ1) is 47.2. The maximum absolute atomic E-state index is 6.14. The van der Waals surface area contributed by atoms with E-state index in [2.05, 4.69) is 118 Å². The minimum absolute atomic E-state index is 0.405. The van der Waals surface area contributed by atoms with Gasteiger partial charge in [-0.25, -0.2) is 0 Å². The summed E-state index contributed by atoms with van der Waals surface area (Å²) in [5.74, 6) is 1.22. The van der Waals surface area contributed by atoms with Gasteiger partial charge in [-0.15, -0.1) is 0 Å². The Morgan fingerprint density at radius 1 is 0.259 bits per heavy atom. The molecule has 4 N–H and O–H groups in total. The molecule has 0 aromatic heterocycles. The molecule has 0 radical (unpaired) electrons. The summed E-state index contributed by atoms with van der Waals surface area (Å²) in [5, 5.41) is 0. The number of benzene rings is 4. The highest BCUT2D eigenvalue weighted by Crippen LogP contribution is 2.37. The van der Waals surface area contributed by atoms with Gasteiger partial charge in [0.25, 0.3) is 0 Å². The lowest BCUT2D eigenvalue weighted by Gasteiger charge is -2.23. The molecular formula is C56H84N2. The molecule has 318 valence electrons. The molecule has 0 fully saturated rings. The van der Waals surface area contributed by atoms with Crippen molar-refractivity contribution in [2.75, 3.05) is 11.5 Å². The second-order valence-electron chi connectivity index (χ2n) is 17.8. The molecule has 0 amide bonds. The first-order valence-corrected chi connectivity index (χ1v) is 24.4. The van der Waals surface area contributed by atoms with Crippen LogP contribution >= 0.6 is 0 Å². The van der Waals surface area contributed by atoms with Crippen molar-refractivity contribution < 1.29 is 0 Å². The van der Waals surface area contributed by atoms with Crippen molar-refractivity contribution in [3.8, 4) is 0 Å². The maximum Gasteiger partial charge on any atom is 0.0314 e. The number of rotatable bonds is 32. The molecule has 0 heterocycles. The van der Waals surface area contributed by atoms with Crippen LogP contribution in [-0.4, -0.2) is 0 Å². The lowest BCUT2D eigenvalue weighted by Crippen LogP contribution is -2.06. The van der Waals surface area contributed by atoms with Gasteiger partial charge in [0.1, 0.15) is 0 Å². The largest absolute Gasteiger partial charge is 0.399 e. The molecule has 0 aliphatic rings. The standard InChI is InChI=1S/C56H84N2/c1-4-7-10-12-14-16-18-20-22-25-28-55(50-38-42-52(57)43-39-50)48-34-30-46(31-35-48)54(27-24-9-6-3)47-32-36-49(37-33-47)56(51-40-44-53(58)45-41-51)29-26-23-21-19-17-15-13-11-8-5-2/h30-45,54-56H,4-29,57-58H2,1-3H3. The second kappa shape index (κ2) is 28.8. The van der Waals surface area contributed by atoms with Crippen LogP contribution in [0.1, 0.15) is 239 Å². The maximum atomic E-state index is 6.14. The number of nitrogen functional groups attached to an aromatic ring is 2. The zero-order chi connectivity index (χ0) is 41.0. The van der Waals surface area contributed by atoms with Crippen LogP contribution in [0.3, 0.4) is 0 Å². The van der Waals surface area contributed by atoms with Crippen LogP contribution in [0.5, 0.6) is 0 Å². The highest BCUT2D eigenvalue weighted by Gasteiger charge is 2.20. The Labute approximate surface area is 357 Å². The Hall–Kier alpha value is -3.52. The molecule has 0 aliphatic heterocycles. The van der Waals surface area contributed by atoms with E-state index < -0.39 is 0 Å². The van der Waals surface area contributed by atoms with Crippen LogP contribution in [0.2, 0.25) is 0 Å². The predicted octanol–water partition coefficient (Wildman–Crippen LogP) is 17.4. The second-order valence-corrected chi connectivity index (χ2v) is 17.8. The summed E-state index contributed by atoms with van der Waals surface area (Å²) in [6.07, 6.45) is 34.8. The van der Waals surface area contributed by atoms with E-state index in [1.54, 1.807) is 0 Å². The van der Waals surface area contributed by atoms with Crippen LogP contribution in [-0.2, 0) is 0 Å². The first-order valence-electron chi connectivity index (χ1n) is 24.4. The minimum Gasteiger partial charge on any atom is -0.399 e. The third kappa shape index (κ3) is 17.4. The molecule has 0 aliphatic carbocycles.